The van der Waals surface area contributed by atoms with Gasteiger partial charge in [-0.05, 0) is 19.9 Å². The maximum absolute atomic E-state index is 12.4. The highest BCUT2D eigenvalue weighted by Crippen LogP contribution is 2.18. The number of nitrogens with two attached hydrogens (primary N) is 1. The van der Waals surface area contributed by atoms with Crippen LogP contribution in [0.3, 0.4) is 0 Å². The second kappa shape index (κ2) is 5.14. The van der Waals surface area contributed by atoms with Crippen LogP contribution in [0.15, 0.2) is 12.3 Å². The number of amides is 1. The summed E-state index contributed by atoms with van der Waals surface area (Å²) in [5, 5.41) is 0. The number of hydrogen-bond donors (Lipinski definition) is 1. The standard InChI is InChI=1S/C12H19N3O2S/c1-9(2)15-8-10(13)7-11(15)12(16)14-3-5-18(17)6-4-14/h7-9H,3-6,13H2,1-2H3. The van der Waals surface area contributed by atoms with E-state index in [1.54, 1.807) is 17.2 Å². The van der Waals surface area contributed by atoms with Crippen molar-refractivity contribution in [3.63, 3.8) is 0 Å². The highest BCUT2D eigenvalue weighted by molar-refractivity contribution is 7.85. The van der Waals surface area contributed by atoms with Gasteiger partial charge in [0.1, 0.15) is 5.69 Å². The third-order valence-corrected chi connectivity index (χ3v) is 4.39. The number of carbonyl (C=O) groups excluding carboxylic acids is 1. The predicted octanol–water partition coefficient (Wildman–Crippen LogP) is 0.856. The summed E-state index contributed by atoms with van der Waals surface area (Å²) in [6.07, 6.45) is 1.79. The van der Waals surface area contributed by atoms with Crippen LogP contribution in [-0.2, 0) is 10.8 Å². The molecule has 18 heavy (non-hydrogen) atoms. The molecule has 0 aliphatic carbocycles. The average Bonchev–Trinajstić information content (AvgIpc) is 2.71. The van der Waals surface area contributed by atoms with Gasteiger partial charge in [0.25, 0.3) is 5.91 Å². The van der Waals surface area contributed by atoms with Gasteiger partial charge in [0.05, 0.1) is 5.69 Å². The molecular formula is C12H19N3O2S. The van der Waals surface area contributed by atoms with Crippen LogP contribution in [0.2, 0.25) is 0 Å². The zero-order valence-corrected chi connectivity index (χ0v) is 11.6. The van der Waals surface area contributed by atoms with Crippen molar-refractivity contribution in [1.29, 1.82) is 0 Å². The van der Waals surface area contributed by atoms with Crippen molar-refractivity contribution in [2.24, 2.45) is 0 Å². The van der Waals surface area contributed by atoms with Gasteiger partial charge in [0.2, 0.25) is 0 Å². The molecule has 0 saturated carbocycles. The van der Waals surface area contributed by atoms with E-state index in [1.807, 2.05) is 18.4 Å². The molecule has 0 aromatic carbocycles. The molecule has 1 fully saturated rings. The van der Waals surface area contributed by atoms with Gasteiger partial charge in [-0.2, -0.15) is 0 Å². The lowest BCUT2D eigenvalue weighted by molar-refractivity contribution is 0.0759. The van der Waals surface area contributed by atoms with Crippen molar-refractivity contribution in [3.8, 4) is 0 Å². The van der Waals surface area contributed by atoms with E-state index in [2.05, 4.69) is 0 Å². The summed E-state index contributed by atoms with van der Waals surface area (Å²) in [6.45, 7) is 5.16. The van der Waals surface area contributed by atoms with Crippen LogP contribution in [0.4, 0.5) is 5.69 Å². The molecule has 1 amide bonds. The van der Waals surface area contributed by atoms with E-state index in [0.717, 1.165) is 0 Å². The van der Waals surface area contributed by atoms with Crippen molar-refractivity contribution < 1.29 is 9.00 Å². The summed E-state index contributed by atoms with van der Waals surface area (Å²) in [5.41, 5.74) is 6.99. The molecule has 1 aromatic rings. The minimum absolute atomic E-state index is 0.0166. The van der Waals surface area contributed by atoms with E-state index in [0.29, 0.717) is 36.0 Å². The minimum Gasteiger partial charge on any atom is -0.397 e. The third-order valence-electron chi connectivity index (χ3n) is 3.11. The molecule has 2 rings (SSSR count). The van der Waals surface area contributed by atoms with Crippen LogP contribution in [-0.4, -0.2) is 44.2 Å². The summed E-state index contributed by atoms with van der Waals surface area (Å²) in [7, 11) is -0.768. The van der Waals surface area contributed by atoms with Crippen LogP contribution in [0.5, 0.6) is 0 Å². The fraction of sp³-hybridized carbons (Fsp3) is 0.583. The fourth-order valence-corrected chi connectivity index (χ4v) is 3.15. The van der Waals surface area contributed by atoms with Crippen LogP contribution in [0.1, 0.15) is 30.4 Å². The van der Waals surface area contributed by atoms with Crippen LogP contribution >= 0.6 is 0 Å². The Morgan fingerprint density at radius 3 is 2.56 bits per heavy atom. The SMILES string of the molecule is CC(C)n1cc(N)cc1C(=O)N1CCS(=O)CC1. The Hall–Kier alpha value is -1.30. The maximum Gasteiger partial charge on any atom is 0.270 e. The zero-order chi connectivity index (χ0) is 13.3. The number of rotatable bonds is 2. The molecule has 0 unspecified atom stereocenters. The molecule has 1 aliphatic rings. The van der Waals surface area contributed by atoms with Crippen molar-refractivity contribution >= 4 is 22.4 Å². The number of nitrogens with zero attached hydrogens (tertiary/aromatic N) is 2. The Morgan fingerprint density at radius 2 is 2.00 bits per heavy atom. The first-order valence-electron chi connectivity index (χ1n) is 6.10. The average molecular weight is 269 g/mol. The van der Waals surface area contributed by atoms with Gasteiger partial charge in [-0.25, -0.2) is 0 Å². The Bertz CT molecular complexity index is 472. The summed E-state index contributed by atoms with van der Waals surface area (Å²) >= 11 is 0. The van der Waals surface area contributed by atoms with Crippen LogP contribution in [0, 0.1) is 0 Å². The Kier molecular flexibility index (Phi) is 3.75. The van der Waals surface area contributed by atoms with Gasteiger partial charge in [-0.3, -0.25) is 9.00 Å². The van der Waals surface area contributed by atoms with Gasteiger partial charge in [0.15, 0.2) is 0 Å². The second-order valence-electron chi connectivity index (χ2n) is 4.80. The lowest BCUT2D eigenvalue weighted by atomic mass is 10.3. The molecule has 5 nitrogen and oxygen atoms in total. The first-order valence-corrected chi connectivity index (χ1v) is 7.59. The highest BCUT2D eigenvalue weighted by atomic mass is 32.2. The van der Waals surface area contributed by atoms with Crippen LogP contribution < -0.4 is 5.73 Å². The lowest BCUT2D eigenvalue weighted by Crippen LogP contribution is -2.42. The van der Waals surface area contributed by atoms with Crippen molar-refractivity contribution in [3.05, 3.63) is 18.0 Å². The molecule has 0 spiro atoms. The maximum atomic E-state index is 12.4. The van der Waals surface area contributed by atoms with E-state index in [9.17, 15) is 9.00 Å². The van der Waals surface area contributed by atoms with E-state index < -0.39 is 10.8 Å². The Labute approximate surface area is 109 Å². The second-order valence-corrected chi connectivity index (χ2v) is 6.50. The number of aromatic nitrogens is 1. The third kappa shape index (κ3) is 2.58. The molecule has 100 valence electrons. The van der Waals surface area contributed by atoms with Gasteiger partial charge in [-0.15, -0.1) is 0 Å². The van der Waals surface area contributed by atoms with E-state index >= 15 is 0 Å². The normalized spacial score (nSPS) is 17.4. The van der Waals surface area contributed by atoms with Crippen LogP contribution in [0.25, 0.3) is 0 Å². The summed E-state index contributed by atoms with van der Waals surface area (Å²) in [5.74, 6) is 1.13. The van der Waals surface area contributed by atoms with E-state index in [1.165, 1.54) is 0 Å². The van der Waals surface area contributed by atoms with Gasteiger partial charge in [0, 0.05) is 47.6 Å². The smallest absolute Gasteiger partial charge is 0.270 e. The Balaban J connectivity index is 2.20. The quantitative estimate of drug-likeness (QED) is 0.865. The molecule has 2 N–H and O–H groups in total. The molecule has 0 radical (unpaired) electrons. The number of nitrogen functional groups attached to an aromatic ring is 1. The fourth-order valence-electron chi connectivity index (χ4n) is 2.10. The number of carbonyl (C=O) groups is 1. The number of hydrogen-bond acceptors (Lipinski definition) is 3. The molecule has 1 saturated heterocycles. The van der Waals surface area contributed by atoms with Crippen molar-refractivity contribution in [1.82, 2.24) is 9.47 Å². The first-order chi connectivity index (χ1) is 8.49. The molecule has 6 heteroatoms. The summed E-state index contributed by atoms with van der Waals surface area (Å²) < 4.78 is 13.2. The predicted molar refractivity (Wildman–Crippen MR) is 73.0 cm³/mol. The largest absolute Gasteiger partial charge is 0.397 e. The molecule has 0 atom stereocenters. The molecule has 2 heterocycles. The van der Waals surface area contributed by atoms with E-state index in [4.69, 9.17) is 5.73 Å². The zero-order valence-electron chi connectivity index (χ0n) is 10.8. The molecule has 1 aromatic heterocycles. The molecule has 1 aliphatic heterocycles. The monoisotopic (exact) mass is 269 g/mol. The highest BCUT2D eigenvalue weighted by Gasteiger charge is 2.24. The van der Waals surface area contributed by atoms with Gasteiger partial charge in [-0.1, -0.05) is 0 Å². The van der Waals surface area contributed by atoms with E-state index in [-0.39, 0.29) is 11.9 Å². The first kappa shape index (κ1) is 13.1. The van der Waals surface area contributed by atoms with Gasteiger partial charge < -0.3 is 15.2 Å². The Morgan fingerprint density at radius 1 is 1.39 bits per heavy atom. The summed E-state index contributed by atoms with van der Waals surface area (Å²) in [4.78, 5) is 14.2. The summed E-state index contributed by atoms with van der Waals surface area (Å²) in [6, 6.07) is 1.91. The lowest BCUT2D eigenvalue weighted by Gasteiger charge is -2.27. The van der Waals surface area contributed by atoms with Gasteiger partial charge >= 0.3 is 0 Å². The minimum atomic E-state index is -0.768. The molecular weight excluding hydrogens is 250 g/mol. The number of anilines is 1. The van der Waals surface area contributed by atoms with Crippen molar-refractivity contribution in [2.75, 3.05) is 30.3 Å². The molecule has 0 bridgehead atoms. The topological polar surface area (TPSA) is 68.3 Å². The van der Waals surface area contributed by atoms with Crippen molar-refractivity contribution in [2.45, 2.75) is 19.9 Å².